The Labute approximate surface area is 152 Å². The predicted molar refractivity (Wildman–Crippen MR) is 93.5 cm³/mol. The Hall–Kier alpha value is -2.90. The Morgan fingerprint density at radius 1 is 1.19 bits per heavy atom. The summed E-state index contributed by atoms with van der Waals surface area (Å²) in [5.41, 5.74) is 0.563. The largest absolute Gasteiger partial charge is 0.478 e. The molecule has 8 nitrogen and oxygen atoms in total. The third-order valence-corrected chi connectivity index (χ3v) is 4.08. The van der Waals surface area contributed by atoms with Crippen LogP contribution in [0.1, 0.15) is 30.1 Å². The van der Waals surface area contributed by atoms with E-state index < -0.39 is 0 Å². The monoisotopic (exact) mass is 358 g/mol. The van der Waals surface area contributed by atoms with E-state index in [1.807, 2.05) is 11.8 Å². The molecule has 26 heavy (non-hydrogen) atoms. The van der Waals surface area contributed by atoms with Gasteiger partial charge in [0.15, 0.2) is 0 Å². The maximum absolute atomic E-state index is 12.6. The lowest BCUT2D eigenvalue weighted by atomic mass is 10.1. The van der Waals surface area contributed by atoms with E-state index >= 15 is 0 Å². The minimum Gasteiger partial charge on any atom is -0.478 e. The number of aromatic nitrogens is 3. The van der Waals surface area contributed by atoms with Gasteiger partial charge in [0.25, 0.3) is 5.91 Å². The van der Waals surface area contributed by atoms with Crippen molar-refractivity contribution in [1.29, 1.82) is 0 Å². The fourth-order valence-corrected chi connectivity index (χ4v) is 2.76. The summed E-state index contributed by atoms with van der Waals surface area (Å²) in [7, 11) is 1.51. The molecule has 1 saturated heterocycles. The van der Waals surface area contributed by atoms with E-state index in [9.17, 15) is 4.79 Å². The molecule has 0 atom stereocenters. The van der Waals surface area contributed by atoms with Gasteiger partial charge in [0.2, 0.25) is 11.8 Å². The molecule has 0 spiro atoms. The molecule has 1 fully saturated rings. The van der Waals surface area contributed by atoms with Crippen LogP contribution in [-0.4, -0.2) is 58.7 Å². The first-order valence-electron chi connectivity index (χ1n) is 8.61. The molecule has 0 radical (unpaired) electrons. The first-order chi connectivity index (χ1) is 12.7. The molecule has 2 aromatic heterocycles. The van der Waals surface area contributed by atoms with Crippen molar-refractivity contribution >= 4 is 5.91 Å². The second kappa shape index (κ2) is 8.46. The summed E-state index contributed by atoms with van der Waals surface area (Å²) >= 11 is 0. The van der Waals surface area contributed by atoms with Gasteiger partial charge in [0.1, 0.15) is 6.10 Å². The van der Waals surface area contributed by atoms with E-state index in [0.717, 1.165) is 12.8 Å². The summed E-state index contributed by atoms with van der Waals surface area (Å²) in [6.07, 6.45) is 4.64. The molecule has 138 valence electrons. The number of hydrogen-bond acceptors (Lipinski definition) is 7. The zero-order valence-corrected chi connectivity index (χ0v) is 14.9. The highest BCUT2D eigenvalue weighted by atomic mass is 16.5. The number of pyridine rings is 1. The Balaban J connectivity index is 1.53. The normalized spacial score (nSPS) is 14.8. The number of nitrogens with zero attached hydrogens (tertiary/aromatic N) is 4. The molecule has 0 bridgehead atoms. The molecule has 3 rings (SSSR count). The van der Waals surface area contributed by atoms with Crippen molar-refractivity contribution in [3.8, 4) is 17.8 Å². The topological polar surface area (TPSA) is 86.7 Å². The molecule has 1 aliphatic rings. The van der Waals surface area contributed by atoms with Gasteiger partial charge in [-0.3, -0.25) is 4.79 Å². The van der Waals surface area contributed by atoms with Crippen LogP contribution in [0.4, 0.5) is 0 Å². The summed E-state index contributed by atoms with van der Waals surface area (Å²) in [4.78, 5) is 26.7. The number of piperidine rings is 1. The van der Waals surface area contributed by atoms with Gasteiger partial charge in [-0.05, 0) is 13.0 Å². The van der Waals surface area contributed by atoms with Gasteiger partial charge in [0.05, 0.1) is 19.3 Å². The van der Waals surface area contributed by atoms with Crippen molar-refractivity contribution < 1.29 is 19.0 Å². The second-order valence-corrected chi connectivity index (χ2v) is 5.81. The fourth-order valence-electron chi connectivity index (χ4n) is 2.76. The van der Waals surface area contributed by atoms with Crippen LogP contribution >= 0.6 is 0 Å². The van der Waals surface area contributed by atoms with Crippen LogP contribution in [0.25, 0.3) is 0 Å². The van der Waals surface area contributed by atoms with Gasteiger partial charge in [-0.15, -0.1) is 0 Å². The van der Waals surface area contributed by atoms with Crippen molar-refractivity contribution in [1.82, 2.24) is 19.9 Å². The van der Waals surface area contributed by atoms with Crippen molar-refractivity contribution in [3.63, 3.8) is 0 Å². The van der Waals surface area contributed by atoms with E-state index in [1.54, 1.807) is 30.6 Å². The van der Waals surface area contributed by atoms with Crippen LogP contribution in [0.5, 0.6) is 17.8 Å². The summed E-state index contributed by atoms with van der Waals surface area (Å²) in [6.45, 7) is 3.69. The SMILES string of the molecule is CCOc1ccc(C(=O)N2CCC(Oc3ccnc(OC)n3)CC2)cn1. The molecule has 0 N–H and O–H groups in total. The molecular formula is C18H22N4O4. The van der Waals surface area contributed by atoms with Crippen molar-refractivity contribution in [2.75, 3.05) is 26.8 Å². The average molecular weight is 358 g/mol. The van der Waals surface area contributed by atoms with E-state index in [-0.39, 0.29) is 18.0 Å². The minimum atomic E-state index is -0.0253. The first kappa shape index (κ1) is 17.9. The lowest BCUT2D eigenvalue weighted by molar-refractivity contribution is 0.0586. The Morgan fingerprint density at radius 3 is 2.65 bits per heavy atom. The second-order valence-electron chi connectivity index (χ2n) is 5.81. The van der Waals surface area contributed by atoms with Crippen molar-refractivity contribution in [2.24, 2.45) is 0 Å². The van der Waals surface area contributed by atoms with Crippen LogP contribution in [0.15, 0.2) is 30.6 Å². The molecule has 2 aromatic rings. The minimum absolute atomic E-state index is 0.0112. The summed E-state index contributed by atoms with van der Waals surface area (Å²) < 4.78 is 16.2. The number of ether oxygens (including phenoxy) is 3. The number of carbonyl (C=O) groups excluding carboxylic acids is 1. The van der Waals surface area contributed by atoms with Crippen LogP contribution in [0.2, 0.25) is 0 Å². The van der Waals surface area contributed by atoms with Crippen LogP contribution in [0.3, 0.4) is 0 Å². The summed E-state index contributed by atoms with van der Waals surface area (Å²) in [5.74, 6) is 0.983. The van der Waals surface area contributed by atoms with Crippen LogP contribution in [-0.2, 0) is 0 Å². The molecule has 8 heteroatoms. The van der Waals surface area contributed by atoms with Gasteiger partial charge in [-0.25, -0.2) is 9.97 Å². The smallest absolute Gasteiger partial charge is 0.319 e. The zero-order chi connectivity index (χ0) is 18.4. The van der Waals surface area contributed by atoms with Gasteiger partial charge >= 0.3 is 6.01 Å². The highest BCUT2D eigenvalue weighted by Gasteiger charge is 2.25. The van der Waals surface area contributed by atoms with Crippen molar-refractivity contribution in [3.05, 3.63) is 36.2 Å². The number of amides is 1. The number of hydrogen-bond donors (Lipinski definition) is 0. The first-order valence-corrected chi connectivity index (χ1v) is 8.61. The lowest BCUT2D eigenvalue weighted by Gasteiger charge is -2.31. The van der Waals surface area contributed by atoms with E-state index in [1.165, 1.54) is 7.11 Å². The number of rotatable bonds is 6. The fraction of sp³-hybridized carbons (Fsp3) is 0.444. The van der Waals surface area contributed by atoms with Gasteiger partial charge < -0.3 is 19.1 Å². The zero-order valence-electron chi connectivity index (χ0n) is 14.9. The quantitative estimate of drug-likeness (QED) is 0.780. The molecular weight excluding hydrogens is 336 g/mol. The molecule has 0 aromatic carbocycles. The highest BCUT2D eigenvalue weighted by molar-refractivity contribution is 5.94. The molecule has 1 amide bonds. The van der Waals surface area contributed by atoms with Crippen LogP contribution < -0.4 is 14.2 Å². The average Bonchev–Trinajstić information content (AvgIpc) is 2.69. The Bertz CT molecular complexity index is 730. The van der Waals surface area contributed by atoms with Gasteiger partial charge in [-0.1, -0.05) is 0 Å². The number of carbonyl (C=O) groups is 1. The van der Waals surface area contributed by atoms with E-state index in [4.69, 9.17) is 14.2 Å². The summed E-state index contributed by atoms with van der Waals surface area (Å²) in [6, 6.07) is 5.44. The molecule has 0 aliphatic carbocycles. The molecule has 0 saturated carbocycles. The number of methoxy groups -OCH3 is 1. The van der Waals surface area contributed by atoms with E-state index in [2.05, 4.69) is 15.0 Å². The molecule has 3 heterocycles. The summed E-state index contributed by atoms with van der Waals surface area (Å²) in [5, 5.41) is 0. The Kier molecular flexibility index (Phi) is 5.83. The van der Waals surface area contributed by atoms with E-state index in [0.29, 0.717) is 37.0 Å². The maximum Gasteiger partial charge on any atom is 0.319 e. The molecule has 0 unspecified atom stereocenters. The Morgan fingerprint density at radius 2 is 2.00 bits per heavy atom. The molecule has 1 aliphatic heterocycles. The van der Waals surface area contributed by atoms with Gasteiger partial charge in [-0.2, -0.15) is 4.98 Å². The lowest BCUT2D eigenvalue weighted by Crippen LogP contribution is -2.41. The maximum atomic E-state index is 12.6. The standard InChI is InChI=1S/C18H22N4O4/c1-3-25-15-5-4-13(12-20-15)17(23)22-10-7-14(8-11-22)26-16-6-9-19-18(21-16)24-2/h4-6,9,12,14H,3,7-8,10-11H2,1-2H3. The van der Waals surface area contributed by atoms with Crippen molar-refractivity contribution in [2.45, 2.75) is 25.9 Å². The number of likely N-dealkylation sites (tertiary alicyclic amines) is 1. The highest BCUT2D eigenvalue weighted by Crippen LogP contribution is 2.20. The van der Waals surface area contributed by atoms with Gasteiger partial charge in [0, 0.05) is 50.5 Å². The predicted octanol–water partition coefficient (Wildman–Crippen LogP) is 1.96. The van der Waals surface area contributed by atoms with Crippen LogP contribution in [0, 0.1) is 0 Å². The third kappa shape index (κ3) is 4.38. The third-order valence-electron chi connectivity index (χ3n) is 4.08.